The van der Waals surface area contributed by atoms with Gasteiger partial charge in [-0.25, -0.2) is 0 Å². The van der Waals surface area contributed by atoms with Crippen LogP contribution in [-0.4, -0.2) is 32.2 Å². The van der Waals surface area contributed by atoms with Crippen LogP contribution < -0.4 is 9.47 Å². The van der Waals surface area contributed by atoms with E-state index in [0.29, 0.717) is 55.5 Å². The Bertz CT molecular complexity index is 696. The van der Waals surface area contributed by atoms with Crippen molar-refractivity contribution in [1.82, 2.24) is 0 Å². The minimum atomic E-state index is -0.0453. The number of hydrogen-bond donors (Lipinski definition) is 0. The van der Waals surface area contributed by atoms with Crippen molar-refractivity contribution in [3.05, 3.63) is 59.7 Å². The van der Waals surface area contributed by atoms with E-state index >= 15 is 0 Å². The van der Waals surface area contributed by atoms with Crippen molar-refractivity contribution in [2.24, 2.45) is 0 Å². The number of carbonyl (C=O) groups is 1. The SMILES string of the molecule is C#CCCOc1ccc(C(=O)c2ccc(OCCOCC)cc2)cc1. The second-order valence-corrected chi connectivity index (χ2v) is 5.23. The van der Waals surface area contributed by atoms with Crippen molar-refractivity contribution in [3.8, 4) is 23.8 Å². The minimum absolute atomic E-state index is 0.0453. The normalized spacial score (nSPS) is 10.1. The fraction of sp³-hybridized carbons (Fsp3) is 0.286. The first-order chi connectivity index (χ1) is 12.2. The van der Waals surface area contributed by atoms with Crippen LogP contribution >= 0.6 is 0 Å². The lowest BCUT2D eigenvalue weighted by atomic mass is 10.0. The van der Waals surface area contributed by atoms with Crippen LogP contribution in [0.25, 0.3) is 0 Å². The highest BCUT2D eigenvalue weighted by atomic mass is 16.5. The first kappa shape index (κ1) is 18.6. The average Bonchev–Trinajstić information content (AvgIpc) is 2.66. The van der Waals surface area contributed by atoms with Gasteiger partial charge in [-0.05, 0) is 55.5 Å². The number of ketones is 1. The van der Waals surface area contributed by atoms with Gasteiger partial charge in [0.25, 0.3) is 0 Å². The number of carbonyl (C=O) groups excluding carboxylic acids is 1. The number of hydrogen-bond acceptors (Lipinski definition) is 4. The van der Waals surface area contributed by atoms with Crippen molar-refractivity contribution >= 4 is 5.78 Å². The lowest BCUT2D eigenvalue weighted by molar-refractivity contribution is 0.103. The molecule has 2 aromatic carbocycles. The van der Waals surface area contributed by atoms with Gasteiger partial charge in [-0.2, -0.15) is 0 Å². The zero-order valence-electron chi connectivity index (χ0n) is 14.4. The molecule has 0 bridgehead atoms. The summed E-state index contributed by atoms with van der Waals surface area (Å²) in [5.41, 5.74) is 1.22. The van der Waals surface area contributed by atoms with Crippen LogP contribution in [-0.2, 0) is 4.74 Å². The predicted molar refractivity (Wildman–Crippen MR) is 97.2 cm³/mol. The summed E-state index contributed by atoms with van der Waals surface area (Å²) >= 11 is 0. The number of ether oxygens (including phenoxy) is 3. The van der Waals surface area contributed by atoms with Crippen molar-refractivity contribution in [1.29, 1.82) is 0 Å². The van der Waals surface area contributed by atoms with Crippen LogP contribution in [0.5, 0.6) is 11.5 Å². The fourth-order valence-corrected chi connectivity index (χ4v) is 2.16. The molecule has 0 radical (unpaired) electrons. The summed E-state index contributed by atoms with van der Waals surface area (Å²) in [6.45, 7) is 4.12. The topological polar surface area (TPSA) is 44.8 Å². The average molecular weight is 338 g/mol. The van der Waals surface area contributed by atoms with Crippen molar-refractivity contribution in [2.45, 2.75) is 13.3 Å². The van der Waals surface area contributed by atoms with Gasteiger partial charge in [-0.1, -0.05) is 0 Å². The molecule has 0 heterocycles. The highest BCUT2D eigenvalue weighted by Crippen LogP contribution is 2.18. The van der Waals surface area contributed by atoms with E-state index in [4.69, 9.17) is 20.6 Å². The maximum absolute atomic E-state index is 12.5. The Labute approximate surface area is 148 Å². The van der Waals surface area contributed by atoms with E-state index < -0.39 is 0 Å². The molecule has 2 aromatic rings. The molecule has 0 saturated carbocycles. The van der Waals surface area contributed by atoms with Crippen molar-refractivity contribution < 1.29 is 19.0 Å². The summed E-state index contributed by atoms with van der Waals surface area (Å²) in [5, 5.41) is 0. The van der Waals surface area contributed by atoms with Gasteiger partial charge in [0.15, 0.2) is 5.78 Å². The van der Waals surface area contributed by atoms with E-state index in [2.05, 4.69) is 5.92 Å². The Kier molecular flexibility index (Phi) is 7.55. The second kappa shape index (κ2) is 10.2. The molecule has 0 N–H and O–H groups in total. The predicted octanol–water partition coefficient (Wildman–Crippen LogP) is 3.74. The molecule has 0 atom stereocenters. The smallest absolute Gasteiger partial charge is 0.193 e. The molecule has 0 aliphatic carbocycles. The van der Waals surface area contributed by atoms with Gasteiger partial charge in [0.1, 0.15) is 18.1 Å². The lowest BCUT2D eigenvalue weighted by Crippen LogP contribution is -2.06. The fourth-order valence-electron chi connectivity index (χ4n) is 2.16. The van der Waals surface area contributed by atoms with E-state index in [-0.39, 0.29) is 5.78 Å². The Morgan fingerprint density at radius 1 is 0.880 bits per heavy atom. The third-order valence-corrected chi connectivity index (χ3v) is 3.45. The highest BCUT2D eigenvalue weighted by molar-refractivity contribution is 6.09. The van der Waals surface area contributed by atoms with Crippen LogP contribution in [0.15, 0.2) is 48.5 Å². The summed E-state index contributed by atoms with van der Waals surface area (Å²) in [5.74, 6) is 3.89. The molecule has 0 unspecified atom stereocenters. The molecule has 25 heavy (non-hydrogen) atoms. The van der Waals surface area contributed by atoms with E-state index in [0.717, 1.165) is 0 Å². The summed E-state index contributed by atoms with van der Waals surface area (Å²) in [6, 6.07) is 14.1. The van der Waals surface area contributed by atoms with E-state index in [9.17, 15) is 4.79 Å². The number of terminal acetylenes is 1. The van der Waals surface area contributed by atoms with Crippen LogP contribution in [0.2, 0.25) is 0 Å². The second-order valence-electron chi connectivity index (χ2n) is 5.23. The molecule has 0 amide bonds. The Hall–Kier alpha value is -2.77. The van der Waals surface area contributed by atoms with Gasteiger partial charge in [0.05, 0.1) is 13.2 Å². The monoisotopic (exact) mass is 338 g/mol. The van der Waals surface area contributed by atoms with Crippen LogP contribution in [0.4, 0.5) is 0 Å². The van der Waals surface area contributed by atoms with Crippen LogP contribution in [0.1, 0.15) is 29.3 Å². The molecular weight excluding hydrogens is 316 g/mol. The lowest BCUT2D eigenvalue weighted by Gasteiger charge is -2.08. The molecule has 4 heteroatoms. The molecule has 0 aromatic heterocycles. The van der Waals surface area contributed by atoms with Crippen LogP contribution in [0.3, 0.4) is 0 Å². The van der Waals surface area contributed by atoms with E-state index in [1.54, 1.807) is 48.5 Å². The van der Waals surface area contributed by atoms with Gasteiger partial charge in [-0.15, -0.1) is 12.3 Å². The standard InChI is InChI=1S/C21H22O4/c1-3-5-14-24-19-10-6-17(7-11-19)21(22)18-8-12-20(13-9-18)25-16-15-23-4-2/h1,6-13H,4-5,14-16H2,2H3. The molecule has 0 saturated heterocycles. The van der Waals surface area contributed by atoms with E-state index in [1.165, 1.54) is 0 Å². The summed E-state index contributed by atoms with van der Waals surface area (Å²) < 4.78 is 16.2. The molecule has 0 aliphatic rings. The Morgan fingerprint density at radius 3 is 1.88 bits per heavy atom. The molecule has 0 fully saturated rings. The first-order valence-corrected chi connectivity index (χ1v) is 8.26. The summed E-state index contributed by atoms with van der Waals surface area (Å²) in [7, 11) is 0. The van der Waals surface area contributed by atoms with Gasteiger partial charge in [0, 0.05) is 24.2 Å². The van der Waals surface area contributed by atoms with Crippen molar-refractivity contribution in [2.75, 3.05) is 26.4 Å². The molecule has 0 aliphatic heterocycles. The molecule has 2 rings (SSSR count). The van der Waals surface area contributed by atoms with Gasteiger partial charge >= 0.3 is 0 Å². The summed E-state index contributed by atoms with van der Waals surface area (Å²) in [6.07, 6.45) is 5.74. The Morgan fingerprint density at radius 2 is 1.40 bits per heavy atom. The highest BCUT2D eigenvalue weighted by Gasteiger charge is 2.09. The zero-order chi connectivity index (χ0) is 17.9. The first-order valence-electron chi connectivity index (χ1n) is 8.26. The third-order valence-electron chi connectivity index (χ3n) is 3.45. The largest absolute Gasteiger partial charge is 0.493 e. The Balaban J connectivity index is 1.92. The molecular formula is C21H22O4. The molecule has 130 valence electrons. The molecule has 4 nitrogen and oxygen atoms in total. The summed E-state index contributed by atoms with van der Waals surface area (Å²) in [4.78, 5) is 12.5. The number of rotatable bonds is 10. The van der Waals surface area contributed by atoms with E-state index in [1.807, 2.05) is 6.92 Å². The van der Waals surface area contributed by atoms with Gasteiger partial charge in [0.2, 0.25) is 0 Å². The van der Waals surface area contributed by atoms with Crippen LogP contribution in [0, 0.1) is 12.3 Å². The maximum Gasteiger partial charge on any atom is 0.193 e. The number of benzene rings is 2. The van der Waals surface area contributed by atoms with Gasteiger partial charge in [-0.3, -0.25) is 4.79 Å². The quantitative estimate of drug-likeness (QED) is 0.376. The van der Waals surface area contributed by atoms with Gasteiger partial charge < -0.3 is 14.2 Å². The van der Waals surface area contributed by atoms with Crippen molar-refractivity contribution in [3.63, 3.8) is 0 Å². The molecule has 0 spiro atoms. The third kappa shape index (κ3) is 5.98. The minimum Gasteiger partial charge on any atom is -0.493 e. The zero-order valence-corrected chi connectivity index (χ0v) is 14.4. The maximum atomic E-state index is 12.5.